The predicted molar refractivity (Wildman–Crippen MR) is 99.3 cm³/mol. The molecule has 3 rings (SSSR count). The van der Waals surface area contributed by atoms with Crippen LogP contribution in [0.1, 0.15) is 31.2 Å². The van der Waals surface area contributed by atoms with Crippen LogP contribution in [0.15, 0.2) is 46.2 Å². The summed E-state index contributed by atoms with van der Waals surface area (Å²) in [6, 6.07) is 9.03. The highest BCUT2D eigenvalue weighted by atomic mass is 32.2. The summed E-state index contributed by atoms with van der Waals surface area (Å²) in [6.07, 6.45) is 6.08. The number of aryl methyl sites for hydroxylation is 2. The van der Waals surface area contributed by atoms with Gasteiger partial charge in [0.25, 0.3) is 5.56 Å². The predicted octanol–water partition coefficient (Wildman–Crippen LogP) is 2.62. The maximum absolute atomic E-state index is 12.9. The van der Waals surface area contributed by atoms with E-state index < -0.39 is 9.84 Å². The number of nitrogens with zero attached hydrogens (tertiary/aromatic N) is 1. The first-order valence-corrected chi connectivity index (χ1v) is 10.3. The molecule has 1 aromatic heterocycles. The highest BCUT2D eigenvalue weighted by molar-refractivity contribution is 7.91. The van der Waals surface area contributed by atoms with E-state index in [9.17, 15) is 13.2 Å². The minimum absolute atomic E-state index is 0.0561. The summed E-state index contributed by atoms with van der Waals surface area (Å²) < 4.78 is 27.3. The molecule has 2 aromatic rings. The van der Waals surface area contributed by atoms with Crippen LogP contribution in [0.2, 0.25) is 0 Å². The van der Waals surface area contributed by atoms with Gasteiger partial charge >= 0.3 is 0 Å². The van der Waals surface area contributed by atoms with Crippen LogP contribution in [-0.4, -0.2) is 24.9 Å². The Morgan fingerprint density at radius 1 is 1.20 bits per heavy atom. The molecule has 1 saturated carbocycles. The molecule has 0 aliphatic heterocycles. The summed E-state index contributed by atoms with van der Waals surface area (Å²) in [5.74, 6) is -0.0561. The Bertz CT molecular complexity index is 900. The third-order valence-corrected chi connectivity index (χ3v) is 6.39. The monoisotopic (exact) mass is 360 g/mol. The second-order valence-electron chi connectivity index (χ2n) is 6.77. The van der Waals surface area contributed by atoms with Gasteiger partial charge in [0.15, 0.2) is 9.84 Å². The van der Waals surface area contributed by atoms with E-state index in [1.807, 2.05) is 6.07 Å². The molecular formula is C19H24N2O3S. The van der Waals surface area contributed by atoms with Gasteiger partial charge in [0.05, 0.1) is 4.90 Å². The largest absolute Gasteiger partial charge is 0.318 e. The molecule has 1 N–H and O–H groups in total. The molecule has 0 amide bonds. The molecule has 0 atom stereocenters. The van der Waals surface area contributed by atoms with E-state index >= 15 is 0 Å². The van der Waals surface area contributed by atoms with Crippen molar-refractivity contribution >= 4 is 9.84 Å². The Morgan fingerprint density at radius 3 is 2.56 bits per heavy atom. The highest BCUT2D eigenvalue weighted by Gasteiger charge is 2.22. The molecule has 0 radical (unpaired) electrons. The van der Waals surface area contributed by atoms with Gasteiger partial charge in [0.2, 0.25) is 0 Å². The fourth-order valence-corrected chi connectivity index (χ4v) is 4.85. The van der Waals surface area contributed by atoms with Crippen LogP contribution >= 0.6 is 0 Å². The summed E-state index contributed by atoms with van der Waals surface area (Å²) in [7, 11) is -1.78. The number of hydrogen-bond donors (Lipinski definition) is 1. The van der Waals surface area contributed by atoms with Gasteiger partial charge in [0.1, 0.15) is 5.88 Å². The fourth-order valence-electron chi connectivity index (χ4n) is 3.44. The van der Waals surface area contributed by atoms with Gasteiger partial charge in [-0.15, -0.1) is 0 Å². The van der Waals surface area contributed by atoms with Crippen molar-refractivity contribution in [3.8, 4) is 11.1 Å². The van der Waals surface area contributed by atoms with Crippen molar-refractivity contribution in [1.29, 1.82) is 0 Å². The second kappa shape index (κ2) is 7.14. The van der Waals surface area contributed by atoms with E-state index in [0.717, 1.165) is 31.2 Å². The minimum Gasteiger partial charge on any atom is -0.318 e. The average molecular weight is 360 g/mol. The highest BCUT2D eigenvalue weighted by Crippen LogP contribution is 2.28. The molecule has 1 aliphatic carbocycles. The van der Waals surface area contributed by atoms with E-state index in [-0.39, 0.29) is 11.4 Å². The number of aromatic nitrogens is 1. The van der Waals surface area contributed by atoms with Crippen LogP contribution in [0, 0.1) is 6.92 Å². The van der Waals surface area contributed by atoms with Crippen molar-refractivity contribution in [2.45, 2.75) is 43.5 Å². The SMILES string of the molecule is Cc1cc(-c2ccccc2S(=O)(=O)CNC2CCCC2)cn(C)c1=O. The van der Waals surface area contributed by atoms with E-state index in [1.165, 1.54) is 4.57 Å². The fraction of sp³-hybridized carbons (Fsp3) is 0.421. The zero-order valence-corrected chi connectivity index (χ0v) is 15.5. The van der Waals surface area contributed by atoms with Gasteiger partial charge < -0.3 is 9.88 Å². The Hall–Kier alpha value is -1.92. The standard InChI is InChI=1S/C19H24N2O3S/c1-14-11-15(12-21(2)19(14)22)17-9-5-6-10-18(17)25(23,24)13-20-16-7-3-4-8-16/h5-6,9-12,16,20H,3-4,7-8,13H2,1-2H3. The molecule has 1 aliphatic rings. The third-order valence-electron chi connectivity index (χ3n) is 4.81. The summed E-state index contributed by atoms with van der Waals surface area (Å²) in [5, 5.41) is 3.19. The molecule has 134 valence electrons. The summed E-state index contributed by atoms with van der Waals surface area (Å²) in [4.78, 5) is 12.2. The molecule has 6 heteroatoms. The summed E-state index contributed by atoms with van der Waals surface area (Å²) >= 11 is 0. The maximum atomic E-state index is 12.9. The normalized spacial score (nSPS) is 15.6. The molecular weight excluding hydrogens is 336 g/mol. The van der Waals surface area contributed by atoms with E-state index in [4.69, 9.17) is 0 Å². The lowest BCUT2D eigenvalue weighted by Crippen LogP contribution is -2.31. The minimum atomic E-state index is -3.46. The van der Waals surface area contributed by atoms with Gasteiger partial charge in [-0.05, 0) is 37.5 Å². The van der Waals surface area contributed by atoms with Crippen molar-refractivity contribution in [3.63, 3.8) is 0 Å². The van der Waals surface area contributed by atoms with Crippen LogP contribution in [-0.2, 0) is 16.9 Å². The second-order valence-corrected chi connectivity index (χ2v) is 8.73. The number of pyridine rings is 1. The van der Waals surface area contributed by atoms with Crippen molar-refractivity contribution in [2.24, 2.45) is 7.05 Å². The van der Waals surface area contributed by atoms with Crippen molar-refractivity contribution in [1.82, 2.24) is 9.88 Å². The van der Waals surface area contributed by atoms with Gasteiger partial charge in [-0.2, -0.15) is 0 Å². The zero-order valence-electron chi connectivity index (χ0n) is 14.7. The van der Waals surface area contributed by atoms with Gasteiger partial charge in [-0.3, -0.25) is 4.79 Å². The number of sulfone groups is 1. The van der Waals surface area contributed by atoms with Crippen LogP contribution in [0.3, 0.4) is 0 Å². The van der Waals surface area contributed by atoms with E-state index in [1.54, 1.807) is 44.4 Å². The first-order chi connectivity index (χ1) is 11.9. The Kier molecular flexibility index (Phi) is 5.11. The van der Waals surface area contributed by atoms with Crippen molar-refractivity contribution in [2.75, 3.05) is 5.88 Å². The first-order valence-electron chi connectivity index (χ1n) is 8.61. The number of benzene rings is 1. The molecule has 0 unspecified atom stereocenters. The van der Waals surface area contributed by atoms with Crippen molar-refractivity contribution in [3.05, 3.63) is 52.4 Å². The molecule has 1 fully saturated rings. The third kappa shape index (κ3) is 3.85. The molecule has 0 spiro atoms. The lowest BCUT2D eigenvalue weighted by Gasteiger charge is -2.15. The van der Waals surface area contributed by atoms with Crippen LogP contribution < -0.4 is 10.9 Å². The summed E-state index contributed by atoms with van der Waals surface area (Å²) in [5.41, 5.74) is 1.89. The van der Waals surface area contributed by atoms with Crippen molar-refractivity contribution < 1.29 is 8.42 Å². The van der Waals surface area contributed by atoms with Gasteiger partial charge in [-0.1, -0.05) is 31.0 Å². The maximum Gasteiger partial charge on any atom is 0.253 e. The van der Waals surface area contributed by atoms with Crippen LogP contribution in [0.4, 0.5) is 0 Å². The van der Waals surface area contributed by atoms with Gasteiger partial charge in [-0.25, -0.2) is 8.42 Å². The van der Waals surface area contributed by atoms with Crippen LogP contribution in [0.5, 0.6) is 0 Å². The van der Waals surface area contributed by atoms with E-state index in [0.29, 0.717) is 22.1 Å². The zero-order chi connectivity index (χ0) is 18.0. The summed E-state index contributed by atoms with van der Waals surface area (Å²) in [6.45, 7) is 1.74. The lowest BCUT2D eigenvalue weighted by molar-refractivity contribution is 0.543. The quantitative estimate of drug-likeness (QED) is 0.890. The smallest absolute Gasteiger partial charge is 0.253 e. The Balaban J connectivity index is 1.96. The van der Waals surface area contributed by atoms with E-state index in [2.05, 4.69) is 5.32 Å². The molecule has 1 heterocycles. The average Bonchev–Trinajstić information content (AvgIpc) is 3.11. The molecule has 5 nitrogen and oxygen atoms in total. The molecule has 1 aromatic carbocycles. The van der Waals surface area contributed by atoms with Gasteiger partial charge in [0, 0.05) is 30.4 Å². The molecule has 0 saturated heterocycles. The Morgan fingerprint density at radius 2 is 1.88 bits per heavy atom. The molecule has 25 heavy (non-hydrogen) atoms. The number of nitrogens with one attached hydrogen (secondary N) is 1. The Labute approximate surface area is 148 Å². The number of hydrogen-bond acceptors (Lipinski definition) is 4. The molecule has 0 bridgehead atoms. The van der Waals surface area contributed by atoms with Crippen LogP contribution in [0.25, 0.3) is 11.1 Å². The number of rotatable bonds is 5. The topological polar surface area (TPSA) is 68.2 Å². The first kappa shape index (κ1) is 17.9. The lowest BCUT2D eigenvalue weighted by atomic mass is 10.1.